The Bertz CT molecular complexity index is 430. The number of hydrogen-bond acceptors (Lipinski definition) is 3. The van der Waals surface area contributed by atoms with Gasteiger partial charge in [0.1, 0.15) is 5.75 Å². The van der Waals surface area contributed by atoms with E-state index in [-0.39, 0.29) is 5.91 Å². The van der Waals surface area contributed by atoms with Crippen LogP contribution in [-0.2, 0) is 0 Å². The number of anilines is 1. The molecule has 2 N–H and O–H groups in total. The van der Waals surface area contributed by atoms with Crippen LogP contribution in [0.25, 0.3) is 0 Å². The van der Waals surface area contributed by atoms with Crippen molar-refractivity contribution in [3.05, 3.63) is 23.8 Å². The van der Waals surface area contributed by atoms with Gasteiger partial charge < -0.3 is 15.4 Å². The summed E-state index contributed by atoms with van der Waals surface area (Å²) in [5, 5.41) is 0. The molecule has 1 aromatic rings. The van der Waals surface area contributed by atoms with Gasteiger partial charge in [0.15, 0.2) is 0 Å². The maximum atomic E-state index is 12.4. The molecule has 0 saturated heterocycles. The summed E-state index contributed by atoms with van der Waals surface area (Å²) >= 11 is 0. The van der Waals surface area contributed by atoms with Crippen LogP contribution in [0, 0.1) is 5.92 Å². The maximum absolute atomic E-state index is 12.4. The van der Waals surface area contributed by atoms with Gasteiger partial charge in [-0.25, -0.2) is 0 Å². The number of rotatable bonds is 6. The van der Waals surface area contributed by atoms with Gasteiger partial charge in [0.2, 0.25) is 0 Å². The van der Waals surface area contributed by atoms with E-state index >= 15 is 0 Å². The van der Waals surface area contributed by atoms with Gasteiger partial charge in [-0.2, -0.15) is 0 Å². The first-order valence-electron chi connectivity index (χ1n) is 6.80. The number of hydrogen-bond donors (Lipinski definition) is 1. The highest BCUT2D eigenvalue weighted by molar-refractivity contribution is 5.95. The predicted octanol–water partition coefficient (Wildman–Crippen LogP) is 2.79. The maximum Gasteiger partial charge on any atom is 0.254 e. The summed E-state index contributed by atoms with van der Waals surface area (Å²) in [4.78, 5) is 14.3. The summed E-state index contributed by atoms with van der Waals surface area (Å²) in [5.74, 6) is 1.09. The number of carbonyl (C=O) groups is 1. The van der Waals surface area contributed by atoms with E-state index in [1.807, 2.05) is 18.7 Å². The summed E-state index contributed by atoms with van der Waals surface area (Å²) < 4.78 is 5.42. The summed E-state index contributed by atoms with van der Waals surface area (Å²) in [6.45, 7) is 10.1. The van der Waals surface area contributed by atoms with Crippen molar-refractivity contribution >= 4 is 11.6 Å². The largest absolute Gasteiger partial charge is 0.494 e. The summed E-state index contributed by atoms with van der Waals surface area (Å²) in [5.41, 5.74) is 6.96. The van der Waals surface area contributed by atoms with Crippen molar-refractivity contribution < 1.29 is 9.53 Å². The molecule has 0 unspecified atom stereocenters. The highest BCUT2D eigenvalue weighted by Gasteiger charge is 2.16. The molecule has 0 atom stereocenters. The van der Waals surface area contributed by atoms with Crippen molar-refractivity contribution in [3.8, 4) is 5.75 Å². The standard InChI is InChI=1S/C15H24N2O2/c1-5-17(10-11(3)4)15(18)12-7-13(16)9-14(8-12)19-6-2/h7-9,11H,5-6,10,16H2,1-4H3. The van der Waals surface area contributed by atoms with E-state index in [9.17, 15) is 4.79 Å². The topological polar surface area (TPSA) is 55.6 Å². The second-order valence-electron chi connectivity index (χ2n) is 4.96. The van der Waals surface area contributed by atoms with Gasteiger partial charge in [0.05, 0.1) is 6.61 Å². The molecular formula is C15H24N2O2. The lowest BCUT2D eigenvalue weighted by Crippen LogP contribution is -2.34. The Balaban J connectivity index is 2.96. The number of nitrogen functional groups attached to an aromatic ring is 1. The van der Waals surface area contributed by atoms with Crippen molar-refractivity contribution in [2.45, 2.75) is 27.7 Å². The van der Waals surface area contributed by atoms with Gasteiger partial charge >= 0.3 is 0 Å². The average molecular weight is 264 g/mol. The zero-order valence-corrected chi connectivity index (χ0v) is 12.3. The number of carbonyl (C=O) groups excluding carboxylic acids is 1. The van der Waals surface area contributed by atoms with E-state index in [1.54, 1.807) is 18.2 Å². The third-order valence-corrected chi connectivity index (χ3v) is 2.74. The van der Waals surface area contributed by atoms with E-state index in [0.29, 0.717) is 36.1 Å². The minimum absolute atomic E-state index is 0.00412. The Morgan fingerprint density at radius 1 is 1.32 bits per heavy atom. The van der Waals surface area contributed by atoms with Crippen LogP contribution in [0.2, 0.25) is 0 Å². The summed E-state index contributed by atoms with van der Waals surface area (Å²) in [6, 6.07) is 5.19. The average Bonchev–Trinajstić information content (AvgIpc) is 2.34. The molecule has 0 aliphatic rings. The van der Waals surface area contributed by atoms with Gasteiger partial charge in [0, 0.05) is 30.4 Å². The molecule has 106 valence electrons. The highest BCUT2D eigenvalue weighted by atomic mass is 16.5. The molecule has 0 bridgehead atoms. The number of nitrogens with two attached hydrogens (primary N) is 1. The molecule has 0 fully saturated rings. The molecule has 0 radical (unpaired) electrons. The molecule has 0 saturated carbocycles. The van der Waals surface area contributed by atoms with Crippen LogP contribution in [0.15, 0.2) is 18.2 Å². The van der Waals surface area contributed by atoms with Crippen molar-refractivity contribution in [1.29, 1.82) is 0 Å². The highest BCUT2D eigenvalue weighted by Crippen LogP contribution is 2.20. The van der Waals surface area contributed by atoms with Crippen LogP contribution in [0.1, 0.15) is 38.1 Å². The number of ether oxygens (including phenoxy) is 1. The lowest BCUT2D eigenvalue weighted by atomic mass is 10.1. The van der Waals surface area contributed by atoms with Gasteiger partial charge in [-0.1, -0.05) is 13.8 Å². The Morgan fingerprint density at radius 2 is 2.00 bits per heavy atom. The SMILES string of the molecule is CCOc1cc(N)cc(C(=O)N(CC)CC(C)C)c1. The molecule has 1 aromatic carbocycles. The monoisotopic (exact) mass is 264 g/mol. The zero-order valence-electron chi connectivity index (χ0n) is 12.3. The quantitative estimate of drug-likeness (QED) is 0.804. The van der Waals surface area contributed by atoms with E-state index in [2.05, 4.69) is 13.8 Å². The number of nitrogens with zero attached hydrogens (tertiary/aromatic N) is 1. The first-order chi connectivity index (χ1) is 8.97. The van der Waals surface area contributed by atoms with Crippen LogP contribution in [0.4, 0.5) is 5.69 Å². The first-order valence-corrected chi connectivity index (χ1v) is 6.80. The van der Waals surface area contributed by atoms with Gasteiger partial charge in [0.25, 0.3) is 5.91 Å². The third-order valence-electron chi connectivity index (χ3n) is 2.74. The Hall–Kier alpha value is -1.71. The van der Waals surface area contributed by atoms with Gasteiger partial charge in [-0.15, -0.1) is 0 Å². The van der Waals surface area contributed by atoms with Crippen molar-refractivity contribution in [2.24, 2.45) is 5.92 Å². The van der Waals surface area contributed by atoms with Gasteiger partial charge in [-0.05, 0) is 31.9 Å². The Morgan fingerprint density at radius 3 is 2.53 bits per heavy atom. The van der Waals surface area contributed by atoms with Crippen molar-refractivity contribution in [2.75, 3.05) is 25.4 Å². The lowest BCUT2D eigenvalue weighted by Gasteiger charge is -2.23. The van der Waals surface area contributed by atoms with Crippen LogP contribution in [0.3, 0.4) is 0 Å². The molecule has 19 heavy (non-hydrogen) atoms. The normalized spacial score (nSPS) is 10.6. The fourth-order valence-corrected chi connectivity index (χ4v) is 1.97. The Labute approximate surface area is 115 Å². The molecule has 1 rings (SSSR count). The lowest BCUT2D eigenvalue weighted by molar-refractivity contribution is 0.0745. The zero-order chi connectivity index (χ0) is 14.4. The molecular weight excluding hydrogens is 240 g/mol. The molecule has 4 heteroatoms. The molecule has 0 heterocycles. The van der Waals surface area contributed by atoms with E-state index in [0.717, 1.165) is 6.54 Å². The molecule has 0 aliphatic heterocycles. The molecule has 0 aromatic heterocycles. The Kier molecular flexibility index (Phi) is 5.67. The van der Waals surface area contributed by atoms with Gasteiger partial charge in [-0.3, -0.25) is 4.79 Å². The van der Waals surface area contributed by atoms with Crippen LogP contribution < -0.4 is 10.5 Å². The van der Waals surface area contributed by atoms with Crippen LogP contribution in [0.5, 0.6) is 5.75 Å². The van der Waals surface area contributed by atoms with Crippen LogP contribution in [-0.4, -0.2) is 30.5 Å². The van der Waals surface area contributed by atoms with E-state index < -0.39 is 0 Å². The van der Waals surface area contributed by atoms with E-state index in [4.69, 9.17) is 10.5 Å². The smallest absolute Gasteiger partial charge is 0.254 e. The number of amides is 1. The third kappa shape index (κ3) is 4.47. The first kappa shape index (κ1) is 15.3. The van der Waals surface area contributed by atoms with Crippen molar-refractivity contribution in [1.82, 2.24) is 4.90 Å². The second kappa shape index (κ2) is 7.02. The summed E-state index contributed by atoms with van der Waals surface area (Å²) in [7, 11) is 0. The van der Waals surface area contributed by atoms with E-state index in [1.165, 1.54) is 0 Å². The minimum Gasteiger partial charge on any atom is -0.494 e. The molecule has 1 amide bonds. The molecule has 4 nitrogen and oxygen atoms in total. The van der Waals surface area contributed by atoms with Crippen molar-refractivity contribution in [3.63, 3.8) is 0 Å². The number of benzene rings is 1. The fraction of sp³-hybridized carbons (Fsp3) is 0.533. The fourth-order valence-electron chi connectivity index (χ4n) is 1.97. The molecule has 0 aliphatic carbocycles. The summed E-state index contributed by atoms with van der Waals surface area (Å²) in [6.07, 6.45) is 0. The predicted molar refractivity (Wildman–Crippen MR) is 78.4 cm³/mol. The molecule has 0 spiro atoms. The second-order valence-corrected chi connectivity index (χ2v) is 4.96. The van der Waals surface area contributed by atoms with Crippen LogP contribution >= 0.6 is 0 Å². The minimum atomic E-state index is 0.00412.